The number of carbonyl (C=O) groups is 1. The maximum absolute atomic E-state index is 12.6. The van der Waals surface area contributed by atoms with E-state index in [-0.39, 0.29) is 29.5 Å². The van der Waals surface area contributed by atoms with E-state index in [1.54, 1.807) is 17.2 Å². The number of furan rings is 1. The molecule has 0 aromatic carbocycles. The van der Waals surface area contributed by atoms with Crippen molar-refractivity contribution in [3.8, 4) is 0 Å². The zero-order chi connectivity index (χ0) is 16.4. The minimum absolute atomic E-state index is 0.121. The van der Waals surface area contributed by atoms with Gasteiger partial charge in [0.05, 0.1) is 17.2 Å². The molecule has 0 saturated heterocycles. The van der Waals surface area contributed by atoms with Gasteiger partial charge < -0.3 is 14.6 Å². The molecular weight excluding hydrogens is 300 g/mol. The molecule has 0 spiro atoms. The van der Waals surface area contributed by atoms with Gasteiger partial charge in [0, 0.05) is 12.2 Å². The van der Waals surface area contributed by atoms with Gasteiger partial charge >= 0.3 is 11.7 Å². The predicted octanol–water partition coefficient (Wildman–Crippen LogP) is 3.34. The van der Waals surface area contributed by atoms with E-state index in [9.17, 15) is 14.9 Å². The summed E-state index contributed by atoms with van der Waals surface area (Å²) in [7, 11) is 0. The Bertz CT molecular complexity index is 712. The minimum Gasteiger partial charge on any atom is -0.467 e. The normalized spacial score (nSPS) is 15.0. The molecule has 23 heavy (non-hydrogen) atoms. The molecule has 1 fully saturated rings. The van der Waals surface area contributed by atoms with Crippen molar-refractivity contribution in [1.82, 2.24) is 9.88 Å². The molecule has 120 valence electrons. The lowest BCUT2D eigenvalue weighted by molar-refractivity contribution is -0.384. The van der Waals surface area contributed by atoms with Crippen LogP contribution in [-0.2, 0) is 0 Å². The molecule has 8 heteroatoms. The molecule has 8 nitrogen and oxygen atoms in total. The van der Waals surface area contributed by atoms with Crippen molar-refractivity contribution >= 4 is 17.4 Å². The summed E-state index contributed by atoms with van der Waals surface area (Å²) >= 11 is 0. The van der Waals surface area contributed by atoms with Gasteiger partial charge in [0.1, 0.15) is 17.6 Å². The maximum Gasteiger partial charge on any atom is 0.322 e. The van der Waals surface area contributed by atoms with Gasteiger partial charge in [0.25, 0.3) is 0 Å². The molecule has 1 aliphatic carbocycles. The molecule has 1 atom stereocenters. The Morgan fingerprint density at radius 2 is 2.30 bits per heavy atom. The Morgan fingerprint density at radius 1 is 1.52 bits per heavy atom. The first-order chi connectivity index (χ1) is 11.1. The van der Waals surface area contributed by atoms with Crippen LogP contribution in [0.5, 0.6) is 0 Å². The summed E-state index contributed by atoms with van der Waals surface area (Å²) in [6.07, 6.45) is 5.91. The van der Waals surface area contributed by atoms with Crippen molar-refractivity contribution in [2.45, 2.75) is 31.8 Å². The quantitative estimate of drug-likeness (QED) is 0.673. The molecule has 2 aromatic rings. The van der Waals surface area contributed by atoms with E-state index in [0.717, 1.165) is 19.0 Å². The predicted molar refractivity (Wildman–Crippen MR) is 81.9 cm³/mol. The number of amides is 2. The summed E-state index contributed by atoms with van der Waals surface area (Å²) in [5.41, 5.74) is -0.102. The van der Waals surface area contributed by atoms with Gasteiger partial charge in [-0.15, -0.1) is 0 Å². The number of aromatic nitrogens is 1. The standard InChI is InChI=1S/C15H16N4O4/c1-10(14-3-2-8-23-14)18(11-4-5-11)15(20)17-12-6-7-16-9-13(12)19(21)22/h2-3,6-11H,4-5H2,1H3,(H,16,17,20)/t10-/m1/s1. The topological polar surface area (TPSA) is 102 Å². The van der Waals surface area contributed by atoms with E-state index in [2.05, 4.69) is 10.3 Å². The molecule has 0 radical (unpaired) electrons. The fourth-order valence-corrected chi connectivity index (χ4v) is 2.49. The third kappa shape index (κ3) is 3.15. The lowest BCUT2D eigenvalue weighted by Crippen LogP contribution is -2.38. The molecule has 1 aliphatic rings. The van der Waals surface area contributed by atoms with Crippen LogP contribution in [0.15, 0.2) is 41.3 Å². The second-order valence-electron chi connectivity index (χ2n) is 5.41. The number of urea groups is 1. The van der Waals surface area contributed by atoms with Gasteiger partial charge in [-0.3, -0.25) is 15.1 Å². The third-order valence-corrected chi connectivity index (χ3v) is 3.79. The highest BCUT2D eigenvalue weighted by molar-refractivity contribution is 5.92. The number of nitrogens with zero attached hydrogens (tertiary/aromatic N) is 3. The van der Waals surface area contributed by atoms with Gasteiger partial charge in [0.15, 0.2) is 0 Å². The highest BCUT2D eigenvalue weighted by Crippen LogP contribution is 2.35. The first-order valence-electron chi connectivity index (χ1n) is 7.29. The smallest absolute Gasteiger partial charge is 0.322 e. The molecule has 3 rings (SSSR count). The second kappa shape index (κ2) is 6.07. The molecule has 1 saturated carbocycles. The van der Waals surface area contributed by atoms with E-state index < -0.39 is 4.92 Å². The molecule has 0 unspecified atom stereocenters. The van der Waals surface area contributed by atoms with Crippen LogP contribution in [0, 0.1) is 10.1 Å². The van der Waals surface area contributed by atoms with Crippen molar-refractivity contribution in [2.24, 2.45) is 0 Å². The summed E-state index contributed by atoms with van der Waals surface area (Å²) in [5, 5.41) is 13.6. The summed E-state index contributed by atoms with van der Waals surface area (Å²) < 4.78 is 5.38. The average molecular weight is 316 g/mol. The second-order valence-corrected chi connectivity index (χ2v) is 5.41. The number of hydrogen-bond acceptors (Lipinski definition) is 5. The van der Waals surface area contributed by atoms with Crippen molar-refractivity contribution in [2.75, 3.05) is 5.32 Å². The molecule has 2 aromatic heterocycles. The lowest BCUT2D eigenvalue weighted by atomic mass is 10.2. The van der Waals surface area contributed by atoms with Gasteiger partial charge in [-0.25, -0.2) is 4.79 Å². The van der Waals surface area contributed by atoms with Gasteiger partial charge in [-0.05, 0) is 38.0 Å². The Kier molecular flexibility index (Phi) is 3.96. The highest BCUT2D eigenvalue weighted by Gasteiger charge is 2.37. The Morgan fingerprint density at radius 3 is 2.91 bits per heavy atom. The zero-order valence-electron chi connectivity index (χ0n) is 12.5. The van der Waals surface area contributed by atoms with Crippen molar-refractivity contribution in [1.29, 1.82) is 0 Å². The van der Waals surface area contributed by atoms with E-state index in [4.69, 9.17) is 4.42 Å². The van der Waals surface area contributed by atoms with Crippen molar-refractivity contribution in [3.63, 3.8) is 0 Å². The van der Waals surface area contributed by atoms with Gasteiger partial charge in [-0.2, -0.15) is 0 Å². The largest absolute Gasteiger partial charge is 0.467 e. The van der Waals surface area contributed by atoms with Crippen molar-refractivity contribution in [3.05, 3.63) is 52.7 Å². The monoisotopic (exact) mass is 316 g/mol. The third-order valence-electron chi connectivity index (χ3n) is 3.79. The van der Waals surface area contributed by atoms with Gasteiger partial charge in [0.2, 0.25) is 0 Å². The Labute approximate surface area is 132 Å². The van der Waals surface area contributed by atoms with E-state index in [1.807, 2.05) is 13.0 Å². The van der Waals surface area contributed by atoms with Crippen LogP contribution < -0.4 is 5.32 Å². The van der Waals surface area contributed by atoms with Crippen LogP contribution in [0.1, 0.15) is 31.6 Å². The van der Waals surface area contributed by atoms with Crippen LogP contribution in [0.4, 0.5) is 16.2 Å². The van der Waals surface area contributed by atoms with Crippen LogP contribution in [0.3, 0.4) is 0 Å². The van der Waals surface area contributed by atoms with Gasteiger partial charge in [-0.1, -0.05) is 0 Å². The molecule has 1 N–H and O–H groups in total. The zero-order valence-corrected chi connectivity index (χ0v) is 12.5. The van der Waals surface area contributed by atoms with E-state index >= 15 is 0 Å². The summed E-state index contributed by atoms with van der Waals surface area (Å²) in [4.78, 5) is 28.5. The van der Waals surface area contributed by atoms with E-state index in [0.29, 0.717) is 5.76 Å². The molecule has 2 amide bonds. The van der Waals surface area contributed by atoms with Crippen LogP contribution in [-0.4, -0.2) is 26.9 Å². The summed E-state index contributed by atoms with van der Waals surface area (Å²) in [5.74, 6) is 0.677. The van der Waals surface area contributed by atoms with Crippen LogP contribution in [0.25, 0.3) is 0 Å². The number of anilines is 1. The summed E-state index contributed by atoms with van der Waals surface area (Å²) in [6.45, 7) is 1.87. The number of carbonyl (C=O) groups excluding carboxylic acids is 1. The fourth-order valence-electron chi connectivity index (χ4n) is 2.49. The van der Waals surface area contributed by atoms with E-state index in [1.165, 1.54) is 12.3 Å². The number of nitro groups is 1. The SMILES string of the molecule is C[C@H](c1ccco1)N(C(=O)Nc1ccncc1[N+](=O)[O-])C1CC1. The van der Waals surface area contributed by atoms with Crippen molar-refractivity contribution < 1.29 is 14.1 Å². The number of hydrogen-bond donors (Lipinski definition) is 1. The first-order valence-corrected chi connectivity index (χ1v) is 7.29. The van der Waals surface area contributed by atoms with Crippen LogP contribution >= 0.6 is 0 Å². The van der Waals surface area contributed by atoms with Crippen LogP contribution in [0.2, 0.25) is 0 Å². The highest BCUT2D eigenvalue weighted by atomic mass is 16.6. The molecule has 0 aliphatic heterocycles. The number of nitrogens with one attached hydrogen (secondary N) is 1. The molecule has 0 bridgehead atoms. The maximum atomic E-state index is 12.6. The Balaban J connectivity index is 1.82. The number of rotatable bonds is 5. The first kappa shape index (κ1) is 15.0. The minimum atomic E-state index is -0.569. The average Bonchev–Trinajstić information content (AvgIpc) is 3.19. The molecule has 2 heterocycles. The fraction of sp³-hybridized carbons (Fsp3) is 0.333. The molecular formula is C15H16N4O4. The summed E-state index contributed by atoms with van der Waals surface area (Å²) in [6, 6.07) is 4.48. The Hall–Kier alpha value is -2.90. The number of pyridine rings is 1. The lowest BCUT2D eigenvalue weighted by Gasteiger charge is -2.28.